The molecule has 1 aliphatic heterocycles. The van der Waals surface area contributed by atoms with Crippen molar-refractivity contribution in [3.05, 3.63) is 59.9 Å². The van der Waals surface area contributed by atoms with Crippen LogP contribution in [0, 0.1) is 6.92 Å². The quantitative estimate of drug-likeness (QED) is 0.754. The summed E-state index contributed by atoms with van der Waals surface area (Å²) in [5.74, 6) is 0.979. The first-order valence-corrected chi connectivity index (χ1v) is 8.23. The molecule has 3 aromatic rings. The third-order valence-corrected chi connectivity index (χ3v) is 4.64. The number of fused-ring (bicyclic) bond motifs is 1. The van der Waals surface area contributed by atoms with Crippen molar-refractivity contribution in [1.29, 1.82) is 0 Å². The zero-order valence-corrected chi connectivity index (χ0v) is 13.6. The maximum atomic E-state index is 11.0. The number of amides is 1. The number of nitrogens with one attached hydrogen (secondary N) is 1. The van der Waals surface area contributed by atoms with E-state index in [4.69, 9.17) is 0 Å². The molecule has 4 rings (SSSR count). The van der Waals surface area contributed by atoms with Gasteiger partial charge in [-0.05, 0) is 36.8 Å². The van der Waals surface area contributed by atoms with E-state index in [1.807, 2.05) is 30.0 Å². The minimum atomic E-state index is 0.193. The van der Waals surface area contributed by atoms with Crippen LogP contribution in [0.25, 0.3) is 16.7 Å². The highest BCUT2D eigenvalue weighted by Gasteiger charge is 2.19. The standard InChI is InChI=1S/C19H20N4O/c1-14-21-17-4-2-3-5-19(17)23(14)16-8-6-15(7-9-16)18-12-22(13-24)11-10-20-18/h2-9,13,18,20H,10-12H2,1H3. The first kappa shape index (κ1) is 14.9. The number of imidazole rings is 1. The van der Waals surface area contributed by atoms with Crippen LogP contribution in [0.5, 0.6) is 0 Å². The lowest BCUT2D eigenvalue weighted by Gasteiger charge is -2.31. The van der Waals surface area contributed by atoms with Gasteiger partial charge in [0.2, 0.25) is 6.41 Å². The molecule has 122 valence electrons. The van der Waals surface area contributed by atoms with E-state index in [0.29, 0.717) is 0 Å². The Kier molecular flexibility index (Phi) is 3.78. The lowest BCUT2D eigenvalue weighted by Crippen LogP contribution is -2.44. The number of aryl methyl sites for hydroxylation is 1. The summed E-state index contributed by atoms with van der Waals surface area (Å²) in [6.07, 6.45) is 0.934. The van der Waals surface area contributed by atoms with E-state index in [1.54, 1.807) is 0 Å². The molecule has 2 heterocycles. The highest BCUT2D eigenvalue weighted by atomic mass is 16.1. The fourth-order valence-corrected chi connectivity index (χ4v) is 3.42. The van der Waals surface area contributed by atoms with Crippen LogP contribution < -0.4 is 5.32 Å². The van der Waals surface area contributed by atoms with Crippen LogP contribution >= 0.6 is 0 Å². The molecule has 1 saturated heterocycles. The average molecular weight is 320 g/mol. The molecule has 1 aromatic heterocycles. The molecule has 0 aliphatic carbocycles. The van der Waals surface area contributed by atoms with E-state index in [1.165, 1.54) is 5.56 Å². The summed E-state index contributed by atoms with van der Waals surface area (Å²) < 4.78 is 2.17. The Balaban J connectivity index is 1.66. The minimum Gasteiger partial charge on any atom is -0.342 e. The zero-order chi connectivity index (χ0) is 16.5. The van der Waals surface area contributed by atoms with Gasteiger partial charge in [0.25, 0.3) is 0 Å². The zero-order valence-electron chi connectivity index (χ0n) is 13.6. The summed E-state index contributed by atoms with van der Waals surface area (Å²) in [4.78, 5) is 17.4. The molecule has 0 spiro atoms. The second-order valence-corrected chi connectivity index (χ2v) is 6.18. The molecule has 5 heteroatoms. The molecule has 0 radical (unpaired) electrons. The molecular formula is C19H20N4O. The number of carbonyl (C=O) groups is 1. The van der Waals surface area contributed by atoms with Crippen molar-refractivity contribution in [2.24, 2.45) is 0 Å². The van der Waals surface area contributed by atoms with Gasteiger partial charge in [-0.2, -0.15) is 0 Å². The summed E-state index contributed by atoms with van der Waals surface area (Å²) in [5.41, 5.74) is 4.43. The molecule has 0 saturated carbocycles. The number of hydrogen-bond donors (Lipinski definition) is 1. The first-order chi connectivity index (χ1) is 11.8. The predicted octanol–water partition coefficient (Wildman–Crippen LogP) is 2.44. The molecule has 1 fully saturated rings. The van der Waals surface area contributed by atoms with E-state index < -0.39 is 0 Å². The van der Waals surface area contributed by atoms with Gasteiger partial charge < -0.3 is 10.2 Å². The summed E-state index contributed by atoms with van der Waals surface area (Å²) in [7, 11) is 0. The Hall–Kier alpha value is -2.66. The normalized spacial score (nSPS) is 18.0. The van der Waals surface area contributed by atoms with Gasteiger partial charge in [0.1, 0.15) is 5.82 Å². The van der Waals surface area contributed by atoms with Crippen LogP contribution in [0.3, 0.4) is 0 Å². The summed E-state index contributed by atoms with van der Waals surface area (Å²) in [6.45, 7) is 4.35. The van der Waals surface area contributed by atoms with Crippen LogP contribution in [0.15, 0.2) is 48.5 Å². The van der Waals surface area contributed by atoms with Crippen LogP contribution in [0.4, 0.5) is 0 Å². The number of para-hydroxylation sites is 2. The van der Waals surface area contributed by atoms with Crippen LogP contribution in [0.1, 0.15) is 17.4 Å². The predicted molar refractivity (Wildman–Crippen MR) is 94.2 cm³/mol. The third-order valence-electron chi connectivity index (χ3n) is 4.64. The SMILES string of the molecule is Cc1nc2ccccc2n1-c1ccc(C2CN(C=O)CCN2)cc1. The number of nitrogens with zero attached hydrogens (tertiary/aromatic N) is 3. The summed E-state index contributed by atoms with van der Waals surface area (Å²) >= 11 is 0. The maximum absolute atomic E-state index is 11.0. The van der Waals surface area contributed by atoms with Crippen molar-refractivity contribution in [2.75, 3.05) is 19.6 Å². The molecule has 2 aromatic carbocycles. The molecule has 0 bridgehead atoms. The van der Waals surface area contributed by atoms with Gasteiger partial charge in [-0.1, -0.05) is 24.3 Å². The molecule has 1 atom stereocenters. The molecule has 1 amide bonds. The molecular weight excluding hydrogens is 300 g/mol. The van der Waals surface area contributed by atoms with Crippen molar-refractivity contribution < 1.29 is 4.79 Å². The Labute approximate surface area is 140 Å². The number of benzene rings is 2. The van der Waals surface area contributed by atoms with Crippen molar-refractivity contribution in [3.63, 3.8) is 0 Å². The van der Waals surface area contributed by atoms with Gasteiger partial charge in [0.15, 0.2) is 0 Å². The Morgan fingerprint density at radius 2 is 1.96 bits per heavy atom. The van der Waals surface area contributed by atoms with E-state index in [0.717, 1.165) is 48.6 Å². The van der Waals surface area contributed by atoms with Gasteiger partial charge in [-0.15, -0.1) is 0 Å². The number of aromatic nitrogens is 2. The lowest BCUT2D eigenvalue weighted by molar-refractivity contribution is -0.119. The Bertz CT molecular complexity index is 869. The van der Waals surface area contributed by atoms with E-state index >= 15 is 0 Å². The van der Waals surface area contributed by atoms with Gasteiger partial charge in [-0.3, -0.25) is 9.36 Å². The molecule has 1 N–H and O–H groups in total. The van der Waals surface area contributed by atoms with Gasteiger partial charge >= 0.3 is 0 Å². The highest BCUT2D eigenvalue weighted by Crippen LogP contribution is 2.23. The van der Waals surface area contributed by atoms with Crippen LogP contribution in [-0.2, 0) is 4.79 Å². The van der Waals surface area contributed by atoms with Crippen molar-refractivity contribution in [1.82, 2.24) is 19.8 Å². The molecule has 24 heavy (non-hydrogen) atoms. The number of piperazine rings is 1. The fraction of sp³-hybridized carbons (Fsp3) is 0.263. The lowest BCUT2D eigenvalue weighted by atomic mass is 10.0. The Morgan fingerprint density at radius 3 is 2.75 bits per heavy atom. The second kappa shape index (κ2) is 6.09. The number of rotatable bonds is 3. The van der Waals surface area contributed by atoms with E-state index in [9.17, 15) is 4.79 Å². The van der Waals surface area contributed by atoms with Crippen molar-refractivity contribution in [3.8, 4) is 5.69 Å². The average Bonchev–Trinajstić information content (AvgIpc) is 2.97. The van der Waals surface area contributed by atoms with Crippen molar-refractivity contribution >= 4 is 17.4 Å². The van der Waals surface area contributed by atoms with Crippen LogP contribution in [0.2, 0.25) is 0 Å². The summed E-state index contributed by atoms with van der Waals surface area (Å²) in [5, 5.41) is 3.48. The van der Waals surface area contributed by atoms with Crippen molar-refractivity contribution in [2.45, 2.75) is 13.0 Å². The molecule has 1 unspecified atom stereocenters. The van der Waals surface area contributed by atoms with Gasteiger partial charge in [0.05, 0.1) is 11.0 Å². The number of carbonyl (C=O) groups excluding carboxylic acids is 1. The second-order valence-electron chi connectivity index (χ2n) is 6.18. The molecule has 1 aliphatic rings. The first-order valence-electron chi connectivity index (χ1n) is 8.23. The number of hydrogen-bond acceptors (Lipinski definition) is 3. The fourth-order valence-electron chi connectivity index (χ4n) is 3.42. The van der Waals surface area contributed by atoms with Gasteiger partial charge in [0, 0.05) is 31.4 Å². The monoisotopic (exact) mass is 320 g/mol. The van der Waals surface area contributed by atoms with Crippen LogP contribution in [-0.4, -0.2) is 40.5 Å². The molecule has 5 nitrogen and oxygen atoms in total. The summed E-state index contributed by atoms with van der Waals surface area (Å²) in [6, 6.07) is 16.9. The topological polar surface area (TPSA) is 50.2 Å². The van der Waals surface area contributed by atoms with E-state index in [2.05, 4.69) is 45.2 Å². The maximum Gasteiger partial charge on any atom is 0.209 e. The Morgan fingerprint density at radius 1 is 1.17 bits per heavy atom. The third kappa shape index (κ3) is 2.57. The highest BCUT2D eigenvalue weighted by molar-refractivity contribution is 5.78. The smallest absolute Gasteiger partial charge is 0.209 e. The van der Waals surface area contributed by atoms with Gasteiger partial charge in [-0.25, -0.2) is 4.98 Å². The van der Waals surface area contributed by atoms with E-state index in [-0.39, 0.29) is 6.04 Å². The largest absolute Gasteiger partial charge is 0.342 e. The minimum absolute atomic E-state index is 0.193.